The molecule has 1 fully saturated rings. The van der Waals surface area contributed by atoms with Crippen molar-refractivity contribution in [1.29, 1.82) is 0 Å². The van der Waals surface area contributed by atoms with Crippen molar-refractivity contribution in [3.8, 4) is 0 Å². The molecule has 0 aromatic rings. The predicted molar refractivity (Wildman–Crippen MR) is 40.5 cm³/mol. The third kappa shape index (κ3) is 1.16. The van der Waals surface area contributed by atoms with Crippen LogP contribution in [0.3, 0.4) is 0 Å². The molecule has 1 heterocycles. The Balaban J connectivity index is 2.76. The van der Waals surface area contributed by atoms with Crippen molar-refractivity contribution in [3.05, 3.63) is 0 Å². The second kappa shape index (κ2) is 3.10. The SMILES string of the molecule is CCCC1C(=O)N(O)C(=O)N1C. The van der Waals surface area contributed by atoms with E-state index in [0.29, 0.717) is 6.42 Å². The van der Waals surface area contributed by atoms with E-state index in [1.807, 2.05) is 6.92 Å². The highest BCUT2D eigenvalue weighted by Gasteiger charge is 2.41. The van der Waals surface area contributed by atoms with Gasteiger partial charge in [-0.1, -0.05) is 13.3 Å². The molecule has 3 amide bonds. The highest BCUT2D eigenvalue weighted by atomic mass is 16.5. The van der Waals surface area contributed by atoms with E-state index in [2.05, 4.69) is 0 Å². The van der Waals surface area contributed by atoms with E-state index in [-0.39, 0.29) is 5.06 Å². The molecule has 12 heavy (non-hydrogen) atoms. The van der Waals surface area contributed by atoms with Gasteiger partial charge < -0.3 is 4.90 Å². The lowest BCUT2D eigenvalue weighted by Gasteiger charge is -2.13. The van der Waals surface area contributed by atoms with E-state index in [0.717, 1.165) is 6.42 Å². The molecule has 1 saturated heterocycles. The highest BCUT2D eigenvalue weighted by molar-refractivity contribution is 6.02. The normalized spacial score (nSPS) is 24.1. The lowest BCUT2D eigenvalue weighted by Crippen LogP contribution is -2.30. The zero-order chi connectivity index (χ0) is 9.30. The van der Waals surface area contributed by atoms with Crippen molar-refractivity contribution in [2.24, 2.45) is 0 Å². The highest BCUT2D eigenvalue weighted by Crippen LogP contribution is 2.17. The van der Waals surface area contributed by atoms with Gasteiger partial charge in [-0.2, -0.15) is 0 Å². The van der Waals surface area contributed by atoms with E-state index in [9.17, 15) is 9.59 Å². The monoisotopic (exact) mass is 172 g/mol. The third-order valence-corrected chi connectivity index (χ3v) is 2.01. The molecular weight excluding hydrogens is 160 g/mol. The standard InChI is InChI=1S/C7H12N2O3/c1-3-4-5-6(10)9(12)7(11)8(5)2/h5,12H,3-4H2,1-2H3. The van der Waals surface area contributed by atoms with Crippen molar-refractivity contribution < 1.29 is 14.8 Å². The van der Waals surface area contributed by atoms with Crippen molar-refractivity contribution in [2.75, 3.05) is 7.05 Å². The second-order valence-corrected chi connectivity index (χ2v) is 2.85. The number of carbonyl (C=O) groups excluding carboxylic acids is 2. The van der Waals surface area contributed by atoms with Gasteiger partial charge in [0.2, 0.25) is 0 Å². The summed E-state index contributed by atoms with van der Waals surface area (Å²) in [6, 6.07) is -1.12. The molecule has 5 heteroatoms. The average Bonchev–Trinajstić information content (AvgIpc) is 2.23. The number of urea groups is 1. The summed E-state index contributed by atoms with van der Waals surface area (Å²) in [7, 11) is 1.51. The van der Waals surface area contributed by atoms with Gasteiger partial charge >= 0.3 is 6.03 Å². The molecule has 68 valence electrons. The maximum atomic E-state index is 11.1. The first kappa shape index (κ1) is 8.99. The Morgan fingerprint density at radius 1 is 1.50 bits per heavy atom. The number of rotatable bonds is 2. The van der Waals surface area contributed by atoms with Gasteiger partial charge in [-0.3, -0.25) is 10.0 Å². The zero-order valence-electron chi connectivity index (χ0n) is 7.15. The number of nitrogens with zero attached hydrogens (tertiary/aromatic N) is 2. The summed E-state index contributed by atoms with van der Waals surface area (Å²) >= 11 is 0. The van der Waals surface area contributed by atoms with Crippen LogP contribution < -0.4 is 0 Å². The van der Waals surface area contributed by atoms with Gasteiger partial charge in [0.25, 0.3) is 5.91 Å². The Labute approximate surface area is 70.5 Å². The van der Waals surface area contributed by atoms with Gasteiger partial charge in [0.05, 0.1) is 0 Å². The van der Waals surface area contributed by atoms with Crippen LogP contribution in [-0.2, 0) is 4.79 Å². The maximum absolute atomic E-state index is 11.1. The minimum absolute atomic E-state index is 0.181. The van der Waals surface area contributed by atoms with E-state index >= 15 is 0 Å². The summed E-state index contributed by atoms with van der Waals surface area (Å²) in [4.78, 5) is 23.4. The van der Waals surface area contributed by atoms with Crippen LogP contribution in [0, 0.1) is 0 Å². The number of amides is 3. The van der Waals surface area contributed by atoms with Crippen LogP contribution in [0.5, 0.6) is 0 Å². The van der Waals surface area contributed by atoms with Crippen LogP contribution >= 0.6 is 0 Å². The van der Waals surface area contributed by atoms with Crippen LogP contribution in [0.4, 0.5) is 4.79 Å². The molecule has 1 aliphatic heterocycles. The zero-order valence-corrected chi connectivity index (χ0v) is 7.15. The summed E-state index contributed by atoms with van der Waals surface area (Å²) in [6.45, 7) is 1.92. The van der Waals surface area contributed by atoms with Crippen LogP contribution in [0.2, 0.25) is 0 Å². The predicted octanol–water partition coefficient (Wildman–Crippen LogP) is 0.438. The summed E-state index contributed by atoms with van der Waals surface area (Å²) in [5, 5.41) is 9.11. The average molecular weight is 172 g/mol. The fraction of sp³-hybridized carbons (Fsp3) is 0.714. The molecule has 0 aliphatic carbocycles. The first-order valence-electron chi connectivity index (χ1n) is 3.89. The number of hydrogen-bond donors (Lipinski definition) is 1. The van der Waals surface area contributed by atoms with E-state index in [1.165, 1.54) is 11.9 Å². The first-order valence-corrected chi connectivity index (χ1v) is 3.89. The van der Waals surface area contributed by atoms with Crippen LogP contribution in [0.1, 0.15) is 19.8 Å². The molecule has 0 bridgehead atoms. The van der Waals surface area contributed by atoms with Crippen molar-refractivity contribution in [2.45, 2.75) is 25.8 Å². The van der Waals surface area contributed by atoms with Gasteiger partial charge in [0.1, 0.15) is 6.04 Å². The molecule has 1 aliphatic rings. The molecule has 0 radical (unpaired) electrons. The quantitative estimate of drug-likeness (QED) is 0.485. The summed E-state index contributed by atoms with van der Waals surface area (Å²) in [5.41, 5.74) is 0. The van der Waals surface area contributed by atoms with Gasteiger partial charge in [-0.05, 0) is 6.42 Å². The molecule has 5 nitrogen and oxygen atoms in total. The number of hydrogen-bond acceptors (Lipinski definition) is 3. The Hall–Kier alpha value is -1.10. The molecule has 1 atom stereocenters. The smallest absolute Gasteiger partial charge is 0.313 e. The molecule has 0 spiro atoms. The molecule has 0 aromatic heterocycles. The number of hydroxylamine groups is 2. The molecular formula is C7H12N2O3. The fourth-order valence-electron chi connectivity index (χ4n) is 1.27. The van der Waals surface area contributed by atoms with Gasteiger partial charge in [-0.15, -0.1) is 5.06 Å². The molecule has 0 aromatic carbocycles. The summed E-state index contributed by atoms with van der Waals surface area (Å²) in [6.07, 6.45) is 1.40. The van der Waals surface area contributed by atoms with Gasteiger partial charge in [0.15, 0.2) is 0 Å². The van der Waals surface area contributed by atoms with E-state index in [4.69, 9.17) is 5.21 Å². The second-order valence-electron chi connectivity index (χ2n) is 2.85. The molecule has 1 unspecified atom stereocenters. The lowest BCUT2D eigenvalue weighted by atomic mass is 10.1. The Morgan fingerprint density at radius 2 is 2.08 bits per heavy atom. The minimum Gasteiger partial charge on any atom is -0.313 e. The van der Waals surface area contributed by atoms with Crippen LogP contribution in [0.25, 0.3) is 0 Å². The van der Waals surface area contributed by atoms with E-state index < -0.39 is 18.0 Å². The van der Waals surface area contributed by atoms with Crippen LogP contribution in [0.15, 0.2) is 0 Å². The lowest BCUT2D eigenvalue weighted by molar-refractivity contribution is -0.149. The number of carbonyl (C=O) groups is 2. The number of imide groups is 1. The first-order chi connectivity index (χ1) is 5.59. The molecule has 0 saturated carbocycles. The molecule has 1 rings (SSSR count). The van der Waals surface area contributed by atoms with Gasteiger partial charge in [-0.25, -0.2) is 4.79 Å². The number of likely N-dealkylation sites (N-methyl/N-ethyl adjacent to an activating group) is 1. The largest absolute Gasteiger partial charge is 0.351 e. The van der Waals surface area contributed by atoms with Crippen molar-refractivity contribution >= 4 is 11.9 Å². The molecule has 1 N–H and O–H groups in total. The van der Waals surface area contributed by atoms with E-state index in [1.54, 1.807) is 0 Å². The minimum atomic E-state index is -0.640. The van der Waals surface area contributed by atoms with Gasteiger partial charge in [0, 0.05) is 7.05 Å². The summed E-state index contributed by atoms with van der Waals surface area (Å²) < 4.78 is 0. The Bertz CT molecular complexity index is 217. The fourth-order valence-corrected chi connectivity index (χ4v) is 1.27. The van der Waals surface area contributed by atoms with Crippen molar-refractivity contribution in [1.82, 2.24) is 9.96 Å². The Morgan fingerprint density at radius 3 is 2.42 bits per heavy atom. The maximum Gasteiger partial charge on any atom is 0.351 e. The topological polar surface area (TPSA) is 60.9 Å². The third-order valence-electron chi connectivity index (χ3n) is 2.01. The van der Waals surface area contributed by atoms with Crippen molar-refractivity contribution in [3.63, 3.8) is 0 Å². The summed E-state index contributed by atoms with van der Waals surface area (Å²) in [5.74, 6) is -0.524. The Kier molecular flexibility index (Phi) is 2.32. The van der Waals surface area contributed by atoms with Crippen LogP contribution in [-0.4, -0.2) is 40.2 Å².